The number of imidazole rings is 1. The van der Waals surface area contributed by atoms with Crippen LogP contribution in [0.4, 0.5) is 0 Å². The first kappa shape index (κ1) is 17.5. The zero-order chi connectivity index (χ0) is 17.2. The summed E-state index contributed by atoms with van der Waals surface area (Å²) in [6.07, 6.45) is 1.99. The van der Waals surface area contributed by atoms with Gasteiger partial charge in [-0.25, -0.2) is 18.1 Å². The molecule has 124 valence electrons. The summed E-state index contributed by atoms with van der Waals surface area (Å²) in [5.41, 5.74) is 1.02. The van der Waals surface area contributed by atoms with Crippen LogP contribution in [0.25, 0.3) is 0 Å². The van der Waals surface area contributed by atoms with E-state index in [-0.39, 0.29) is 5.69 Å². The molecule has 6 nitrogen and oxygen atoms in total. The molecule has 0 radical (unpaired) electrons. The minimum Gasteiger partial charge on any atom is -0.337 e. The SMILES string of the molecule is CC(C)S(=O)(=O)NC(=O)c1cn(C)c(Cc2cccc(Cl)c2)n1. The molecule has 0 fully saturated rings. The van der Waals surface area contributed by atoms with E-state index in [1.807, 2.05) is 22.9 Å². The number of carbonyl (C=O) groups is 1. The Hall–Kier alpha value is -1.86. The molecular formula is C15H18ClN3O3S. The Morgan fingerprint density at radius 1 is 1.39 bits per heavy atom. The van der Waals surface area contributed by atoms with Crippen molar-refractivity contribution < 1.29 is 13.2 Å². The average Bonchev–Trinajstić information content (AvgIpc) is 2.80. The van der Waals surface area contributed by atoms with Gasteiger partial charge in [0.05, 0.1) is 5.25 Å². The molecule has 0 aliphatic rings. The van der Waals surface area contributed by atoms with Gasteiger partial charge in [0.2, 0.25) is 10.0 Å². The lowest BCUT2D eigenvalue weighted by Gasteiger charge is -2.07. The number of nitrogens with one attached hydrogen (secondary N) is 1. The molecule has 1 N–H and O–H groups in total. The second-order valence-corrected chi connectivity index (χ2v) is 8.16. The fourth-order valence-electron chi connectivity index (χ4n) is 1.91. The summed E-state index contributed by atoms with van der Waals surface area (Å²) in [4.78, 5) is 16.3. The lowest BCUT2D eigenvalue weighted by atomic mass is 10.1. The molecule has 0 aliphatic heterocycles. The zero-order valence-electron chi connectivity index (χ0n) is 13.1. The van der Waals surface area contributed by atoms with Crippen LogP contribution in [-0.4, -0.2) is 29.1 Å². The number of sulfonamides is 1. The van der Waals surface area contributed by atoms with Crippen molar-refractivity contribution in [1.82, 2.24) is 14.3 Å². The van der Waals surface area contributed by atoms with Crippen LogP contribution in [0.3, 0.4) is 0 Å². The Balaban J connectivity index is 2.19. The van der Waals surface area contributed by atoms with Gasteiger partial charge in [-0.05, 0) is 31.5 Å². The smallest absolute Gasteiger partial charge is 0.284 e. The van der Waals surface area contributed by atoms with Crippen molar-refractivity contribution in [2.24, 2.45) is 7.05 Å². The monoisotopic (exact) mass is 355 g/mol. The Morgan fingerprint density at radius 3 is 2.70 bits per heavy atom. The van der Waals surface area contributed by atoms with Crippen LogP contribution in [0, 0.1) is 0 Å². The molecular weight excluding hydrogens is 338 g/mol. The summed E-state index contributed by atoms with van der Waals surface area (Å²) in [5, 5.41) is -0.0706. The topological polar surface area (TPSA) is 81.1 Å². The maximum atomic E-state index is 12.0. The van der Waals surface area contributed by atoms with Gasteiger partial charge in [0.1, 0.15) is 11.5 Å². The van der Waals surface area contributed by atoms with E-state index in [0.29, 0.717) is 17.3 Å². The van der Waals surface area contributed by atoms with Gasteiger partial charge in [0.15, 0.2) is 0 Å². The summed E-state index contributed by atoms with van der Waals surface area (Å²) in [6.45, 7) is 3.00. The van der Waals surface area contributed by atoms with Gasteiger partial charge < -0.3 is 4.57 Å². The van der Waals surface area contributed by atoms with E-state index in [1.165, 1.54) is 20.0 Å². The van der Waals surface area contributed by atoms with E-state index >= 15 is 0 Å². The number of carbonyl (C=O) groups excluding carboxylic acids is 1. The van der Waals surface area contributed by atoms with Crippen molar-refractivity contribution in [1.29, 1.82) is 0 Å². The first-order chi connectivity index (χ1) is 10.7. The van der Waals surface area contributed by atoms with Crippen LogP contribution in [-0.2, 0) is 23.5 Å². The second kappa shape index (κ2) is 6.72. The number of aryl methyl sites for hydroxylation is 1. The van der Waals surface area contributed by atoms with E-state index in [1.54, 1.807) is 17.7 Å². The number of rotatable bonds is 5. The molecule has 0 saturated heterocycles. The Kier molecular flexibility index (Phi) is 5.11. The van der Waals surface area contributed by atoms with Crippen LogP contribution in [0.2, 0.25) is 5.02 Å². The van der Waals surface area contributed by atoms with Crippen LogP contribution in [0.1, 0.15) is 35.7 Å². The van der Waals surface area contributed by atoms with Gasteiger partial charge in [-0.15, -0.1) is 0 Å². The minimum absolute atomic E-state index is 0.0637. The van der Waals surface area contributed by atoms with Crippen LogP contribution >= 0.6 is 11.6 Å². The van der Waals surface area contributed by atoms with Crippen LogP contribution in [0.5, 0.6) is 0 Å². The molecule has 8 heteroatoms. The Morgan fingerprint density at radius 2 is 2.09 bits per heavy atom. The summed E-state index contributed by atoms with van der Waals surface area (Å²) in [7, 11) is -1.93. The molecule has 1 heterocycles. The third-order valence-electron chi connectivity index (χ3n) is 3.31. The van der Waals surface area contributed by atoms with Gasteiger partial charge in [-0.3, -0.25) is 4.79 Å². The van der Waals surface area contributed by atoms with Crippen molar-refractivity contribution >= 4 is 27.5 Å². The highest BCUT2D eigenvalue weighted by molar-refractivity contribution is 7.90. The van der Waals surface area contributed by atoms with Crippen molar-refractivity contribution in [2.75, 3.05) is 0 Å². The average molecular weight is 356 g/mol. The summed E-state index contributed by atoms with van der Waals surface area (Å²) < 4.78 is 27.2. The number of amides is 1. The third-order valence-corrected chi connectivity index (χ3v) is 5.26. The highest BCUT2D eigenvalue weighted by Crippen LogP contribution is 2.14. The number of hydrogen-bond acceptors (Lipinski definition) is 4. The van der Waals surface area contributed by atoms with Crippen molar-refractivity contribution in [2.45, 2.75) is 25.5 Å². The van der Waals surface area contributed by atoms with E-state index in [2.05, 4.69) is 4.98 Å². The standard InChI is InChI=1S/C15H18ClN3O3S/c1-10(2)23(21,22)18-15(20)13-9-19(3)14(17-13)8-11-5-4-6-12(16)7-11/h4-7,9-10H,8H2,1-3H3,(H,18,20). The Labute approximate surface area is 140 Å². The number of nitrogens with zero attached hydrogens (tertiary/aromatic N) is 2. The first-order valence-electron chi connectivity index (χ1n) is 7.01. The Bertz CT molecular complexity index is 828. The quantitative estimate of drug-likeness (QED) is 0.890. The van der Waals surface area contributed by atoms with Crippen LogP contribution < -0.4 is 4.72 Å². The molecule has 1 aromatic heterocycles. The molecule has 0 bridgehead atoms. The van der Waals surface area contributed by atoms with Gasteiger partial charge in [-0.1, -0.05) is 23.7 Å². The number of aromatic nitrogens is 2. The zero-order valence-corrected chi connectivity index (χ0v) is 14.6. The van der Waals surface area contributed by atoms with Crippen molar-refractivity contribution in [3.05, 3.63) is 52.6 Å². The highest BCUT2D eigenvalue weighted by atomic mass is 35.5. The highest BCUT2D eigenvalue weighted by Gasteiger charge is 2.22. The van der Waals surface area contributed by atoms with Gasteiger partial charge in [0.25, 0.3) is 5.91 Å². The first-order valence-corrected chi connectivity index (χ1v) is 8.94. The molecule has 23 heavy (non-hydrogen) atoms. The molecule has 0 saturated carbocycles. The lowest BCUT2D eigenvalue weighted by molar-refractivity contribution is 0.0976. The predicted octanol–water partition coefficient (Wildman–Crippen LogP) is 2.13. The lowest BCUT2D eigenvalue weighted by Crippen LogP contribution is -2.36. The molecule has 0 unspecified atom stereocenters. The van der Waals surface area contributed by atoms with Crippen LogP contribution in [0.15, 0.2) is 30.5 Å². The predicted molar refractivity (Wildman–Crippen MR) is 89.0 cm³/mol. The van der Waals surface area contributed by atoms with E-state index < -0.39 is 21.2 Å². The third kappa shape index (κ3) is 4.33. The molecule has 0 aliphatic carbocycles. The van der Waals surface area contributed by atoms with E-state index in [4.69, 9.17) is 11.6 Å². The fraction of sp³-hybridized carbons (Fsp3) is 0.333. The normalized spacial score (nSPS) is 11.7. The van der Waals surface area contributed by atoms with Gasteiger partial charge >= 0.3 is 0 Å². The van der Waals surface area contributed by atoms with E-state index in [9.17, 15) is 13.2 Å². The molecule has 1 aromatic carbocycles. The largest absolute Gasteiger partial charge is 0.337 e. The van der Waals surface area contributed by atoms with Gasteiger partial charge in [0, 0.05) is 24.7 Å². The number of hydrogen-bond donors (Lipinski definition) is 1. The van der Waals surface area contributed by atoms with E-state index in [0.717, 1.165) is 5.56 Å². The second-order valence-electron chi connectivity index (χ2n) is 5.48. The molecule has 2 aromatic rings. The van der Waals surface area contributed by atoms with Crippen molar-refractivity contribution in [3.8, 4) is 0 Å². The van der Waals surface area contributed by atoms with Crippen molar-refractivity contribution in [3.63, 3.8) is 0 Å². The van der Waals surface area contributed by atoms with Gasteiger partial charge in [-0.2, -0.15) is 0 Å². The minimum atomic E-state index is -3.68. The molecule has 2 rings (SSSR count). The number of halogens is 1. The molecule has 0 atom stereocenters. The maximum absolute atomic E-state index is 12.0. The summed E-state index contributed by atoms with van der Waals surface area (Å²) in [6, 6.07) is 7.34. The fourth-order valence-corrected chi connectivity index (χ4v) is 2.72. The number of benzene rings is 1. The summed E-state index contributed by atoms with van der Waals surface area (Å²) >= 11 is 5.95. The molecule has 0 spiro atoms. The maximum Gasteiger partial charge on any atom is 0.284 e. The summed E-state index contributed by atoms with van der Waals surface area (Å²) in [5.74, 6) is -0.0917. The molecule has 1 amide bonds.